The Labute approximate surface area is 164 Å². The Hall–Kier alpha value is -3.02. The third-order valence-corrected chi connectivity index (χ3v) is 4.73. The number of nitrogens with zero attached hydrogens (tertiary/aromatic N) is 1. The summed E-state index contributed by atoms with van der Waals surface area (Å²) in [4.78, 5) is 24.6. The van der Waals surface area contributed by atoms with E-state index in [0.29, 0.717) is 18.1 Å². The molecule has 0 aliphatic carbocycles. The van der Waals surface area contributed by atoms with E-state index in [9.17, 15) is 9.59 Å². The highest BCUT2D eigenvalue weighted by atomic mass is 16.6. The van der Waals surface area contributed by atoms with Gasteiger partial charge in [0.15, 0.2) is 6.61 Å². The van der Waals surface area contributed by atoms with Gasteiger partial charge in [-0.05, 0) is 43.5 Å². The van der Waals surface area contributed by atoms with Crippen molar-refractivity contribution in [3.63, 3.8) is 0 Å². The third kappa shape index (κ3) is 4.11. The van der Waals surface area contributed by atoms with E-state index in [1.54, 1.807) is 0 Å². The minimum atomic E-state index is -0.703. The van der Waals surface area contributed by atoms with Gasteiger partial charge in [0, 0.05) is 22.6 Å². The molecular formula is C22H25NO5. The Morgan fingerprint density at radius 2 is 1.86 bits per heavy atom. The zero-order valence-electron chi connectivity index (χ0n) is 16.7. The number of esters is 1. The zero-order chi connectivity index (χ0) is 20.3. The average Bonchev–Trinajstić information content (AvgIpc) is 3.00. The fourth-order valence-electron chi connectivity index (χ4n) is 3.21. The van der Waals surface area contributed by atoms with Crippen LogP contribution < -0.4 is 0 Å². The zero-order valence-corrected chi connectivity index (χ0v) is 16.7. The second kappa shape index (κ2) is 8.33. The average molecular weight is 383 g/mol. The van der Waals surface area contributed by atoms with Crippen molar-refractivity contribution in [2.24, 2.45) is 0 Å². The summed E-state index contributed by atoms with van der Waals surface area (Å²) in [6, 6.07) is 10.1. The highest BCUT2D eigenvalue weighted by molar-refractivity contribution is 6.00. The van der Waals surface area contributed by atoms with E-state index >= 15 is 0 Å². The maximum atomic E-state index is 12.6. The van der Waals surface area contributed by atoms with Crippen molar-refractivity contribution in [1.29, 1.82) is 0 Å². The summed E-state index contributed by atoms with van der Waals surface area (Å²) in [6.45, 7) is 8.46. The molecule has 0 fully saturated rings. The smallest absolute Gasteiger partial charge is 0.377 e. The van der Waals surface area contributed by atoms with Gasteiger partial charge in [0.2, 0.25) is 11.5 Å². The van der Waals surface area contributed by atoms with E-state index in [1.165, 1.54) is 11.8 Å². The number of Topliss-reactive ketones (excluding diaryl/α,β-unsaturated/α-hetero) is 1. The molecule has 0 amide bonds. The molecule has 148 valence electrons. The van der Waals surface area contributed by atoms with E-state index < -0.39 is 5.97 Å². The van der Waals surface area contributed by atoms with Crippen LogP contribution in [0.2, 0.25) is 0 Å². The lowest BCUT2D eigenvalue weighted by molar-refractivity contribution is -0.143. The lowest BCUT2D eigenvalue weighted by Crippen LogP contribution is -2.20. The van der Waals surface area contributed by atoms with Crippen molar-refractivity contribution in [2.45, 2.75) is 33.6 Å². The summed E-state index contributed by atoms with van der Waals surface area (Å²) in [5.41, 5.74) is 4.54. The topological polar surface area (TPSA) is 66.8 Å². The molecule has 0 atom stereocenters. The normalized spacial score (nSPS) is 13.5. The molecule has 0 bridgehead atoms. The van der Waals surface area contributed by atoms with Crippen molar-refractivity contribution in [1.82, 2.24) is 4.57 Å². The van der Waals surface area contributed by atoms with Crippen LogP contribution in [0.5, 0.6) is 0 Å². The second-order valence-electron chi connectivity index (χ2n) is 7.07. The van der Waals surface area contributed by atoms with Crippen LogP contribution in [0.25, 0.3) is 5.69 Å². The highest BCUT2D eigenvalue weighted by Gasteiger charge is 2.21. The molecule has 0 N–H and O–H groups in total. The number of hydrogen-bond donors (Lipinski definition) is 0. The van der Waals surface area contributed by atoms with Crippen molar-refractivity contribution in [2.75, 3.05) is 19.8 Å². The van der Waals surface area contributed by atoms with Crippen LogP contribution in [0.15, 0.2) is 42.4 Å². The number of ether oxygens (including phenoxy) is 3. The molecule has 28 heavy (non-hydrogen) atoms. The summed E-state index contributed by atoms with van der Waals surface area (Å²) in [5.74, 6) is -0.522. The van der Waals surface area contributed by atoms with E-state index in [2.05, 4.69) is 38.1 Å². The number of carbonyl (C=O) groups excluding carboxylic acids is 2. The van der Waals surface area contributed by atoms with Gasteiger partial charge in [0.05, 0.1) is 0 Å². The first-order valence-electron chi connectivity index (χ1n) is 9.32. The minimum absolute atomic E-state index is 0.0187. The summed E-state index contributed by atoms with van der Waals surface area (Å²) < 4.78 is 17.3. The van der Waals surface area contributed by atoms with E-state index in [-0.39, 0.29) is 24.8 Å². The minimum Gasteiger partial charge on any atom is -0.493 e. The van der Waals surface area contributed by atoms with Gasteiger partial charge in [-0.3, -0.25) is 4.79 Å². The Bertz CT molecular complexity index is 906. The lowest BCUT2D eigenvalue weighted by atomic mass is 10.0. The van der Waals surface area contributed by atoms with Crippen LogP contribution in [0.4, 0.5) is 0 Å². The molecule has 6 heteroatoms. The number of aromatic nitrogens is 1. The van der Waals surface area contributed by atoms with Gasteiger partial charge < -0.3 is 18.8 Å². The number of carbonyl (C=O) groups is 2. The molecule has 0 saturated carbocycles. The fourth-order valence-corrected chi connectivity index (χ4v) is 3.21. The second-order valence-corrected chi connectivity index (χ2v) is 7.07. The molecule has 1 aliphatic heterocycles. The van der Waals surface area contributed by atoms with Crippen molar-refractivity contribution < 1.29 is 23.8 Å². The van der Waals surface area contributed by atoms with Crippen molar-refractivity contribution >= 4 is 11.8 Å². The molecular weight excluding hydrogens is 358 g/mol. The fraction of sp³-hybridized carbons (Fsp3) is 0.364. The number of ketones is 1. The maximum Gasteiger partial charge on any atom is 0.377 e. The first-order chi connectivity index (χ1) is 13.4. The van der Waals surface area contributed by atoms with Gasteiger partial charge in [-0.25, -0.2) is 4.79 Å². The van der Waals surface area contributed by atoms with E-state index in [4.69, 9.17) is 14.2 Å². The molecule has 0 spiro atoms. The first kappa shape index (κ1) is 19.7. The molecule has 6 nitrogen and oxygen atoms in total. The highest BCUT2D eigenvalue weighted by Crippen LogP contribution is 2.23. The number of aryl methyl sites for hydroxylation is 1. The van der Waals surface area contributed by atoms with Crippen LogP contribution in [0, 0.1) is 13.8 Å². The summed E-state index contributed by atoms with van der Waals surface area (Å²) in [7, 11) is 0. The molecule has 0 unspecified atom stereocenters. The Balaban J connectivity index is 1.74. The van der Waals surface area contributed by atoms with Gasteiger partial charge in [0.1, 0.15) is 19.5 Å². The molecule has 1 aromatic carbocycles. The molecule has 3 rings (SSSR count). The first-order valence-corrected chi connectivity index (χ1v) is 9.32. The van der Waals surface area contributed by atoms with Crippen molar-refractivity contribution in [3.8, 4) is 5.69 Å². The van der Waals surface area contributed by atoms with Crippen LogP contribution in [-0.2, 0) is 19.0 Å². The van der Waals surface area contributed by atoms with Gasteiger partial charge in [0.25, 0.3) is 0 Å². The predicted molar refractivity (Wildman–Crippen MR) is 105 cm³/mol. The molecule has 1 aromatic heterocycles. The number of hydrogen-bond acceptors (Lipinski definition) is 5. The number of rotatable bonds is 6. The van der Waals surface area contributed by atoms with E-state index in [1.807, 2.05) is 24.5 Å². The third-order valence-electron chi connectivity index (χ3n) is 4.73. The van der Waals surface area contributed by atoms with Gasteiger partial charge in [-0.15, -0.1) is 0 Å². The summed E-state index contributed by atoms with van der Waals surface area (Å²) in [5, 5.41) is 0. The molecule has 2 aromatic rings. The van der Waals surface area contributed by atoms with Crippen LogP contribution in [0.1, 0.15) is 47.1 Å². The largest absolute Gasteiger partial charge is 0.493 e. The van der Waals surface area contributed by atoms with Crippen LogP contribution in [0.3, 0.4) is 0 Å². The predicted octanol–water partition coefficient (Wildman–Crippen LogP) is 3.83. The Morgan fingerprint density at radius 1 is 1.14 bits per heavy atom. The van der Waals surface area contributed by atoms with Gasteiger partial charge in [-0.1, -0.05) is 26.0 Å². The Morgan fingerprint density at radius 3 is 2.46 bits per heavy atom. The monoisotopic (exact) mass is 383 g/mol. The van der Waals surface area contributed by atoms with E-state index in [0.717, 1.165) is 17.1 Å². The molecule has 2 heterocycles. The molecule has 0 radical (unpaired) electrons. The molecule has 1 aliphatic rings. The lowest BCUT2D eigenvalue weighted by Gasteiger charge is -2.14. The maximum absolute atomic E-state index is 12.6. The van der Waals surface area contributed by atoms with Crippen LogP contribution in [-0.4, -0.2) is 36.1 Å². The molecule has 0 saturated heterocycles. The summed E-state index contributed by atoms with van der Waals surface area (Å²) >= 11 is 0. The number of benzene rings is 1. The van der Waals surface area contributed by atoms with Gasteiger partial charge >= 0.3 is 5.97 Å². The standard InChI is InChI=1S/C22H25NO5/c1-14(2)17-5-7-18(8-6-17)23-15(3)11-19(16(23)4)20(24)12-28-22(25)21-13-26-9-10-27-21/h5-8,11,13-14H,9-10,12H2,1-4H3. The quantitative estimate of drug-likeness (QED) is 0.560. The Kier molecular flexibility index (Phi) is 5.87. The summed E-state index contributed by atoms with van der Waals surface area (Å²) in [6.07, 6.45) is 1.21. The van der Waals surface area contributed by atoms with Gasteiger partial charge in [-0.2, -0.15) is 0 Å². The van der Waals surface area contributed by atoms with Crippen LogP contribution >= 0.6 is 0 Å². The SMILES string of the molecule is Cc1cc(C(=O)COC(=O)C2=COCCO2)c(C)n1-c1ccc(C(C)C)cc1. The van der Waals surface area contributed by atoms with Crippen molar-refractivity contribution in [3.05, 3.63) is 64.9 Å².